The highest BCUT2D eigenvalue weighted by Crippen LogP contribution is 2.30. The maximum absolute atomic E-state index is 9.97. The van der Waals surface area contributed by atoms with Gasteiger partial charge in [-0.05, 0) is 50.1 Å². The first-order valence-corrected chi connectivity index (χ1v) is 7.09. The molecule has 0 saturated carbocycles. The molecule has 0 bridgehead atoms. The van der Waals surface area contributed by atoms with E-state index in [0.29, 0.717) is 5.75 Å². The van der Waals surface area contributed by atoms with Crippen LogP contribution < -0.4 is 5.32 Å². The smallest absolute Gasteiger partial charge is 0.123 e. The van der Waals surface area contributed by atoms with Gasteiger partial charge in [-0.1, -0.05) is 34.1 Å². The minimum Gasteiger partial charge on any atom is -0.507 e. The summed E-state index contributed by atoms with van der Waals surface area (Å²) < 4.78 is 1.07. The molecule has 0 saturated heterocycles. The van der Waals surface area contributed by atoms with E-state index in [1.165, 1.54) is 5.56 Å². The Morgan fingerprint density at radius 2 is 1.89 bits per heavy atom. The van der Waals surface area contributed by atoms with Crippen molar-refractivity contribution in [1.29, 1.82) is 0 Å². The topological polar surface area (TPSA) is 32.3 Å². The van der Waals surface area contributed by atoms with Crippen LogP contribution in [0.5, 0.6) is 5.75 Å². The largest absolute Gasteiger partial charge is 0.507 e. The lowest BCUT2D eigenvalue weighted by atomic mass is 10.1. The normalized spacial score (nSPS) is 12.2. The van der Waals surface area contributed by atoms with Gasteiger partial charge < -0.3 is 10.4 Å². The molecule has 2 aromatic rings. The maximum Gasteiger partial charge on any atom is 0.123 e. The predicted molar refractivity (Wildman–Crippen MR) is 83.8 cm³/mol. The number of phenols is 1. The lowest BCUT2D eigenvalue weighted by Crippen LogP contribution is -2.07. The fourth-order valence-electron chi connectivity index (χ4n) is 2.08. The summed E-state index contributed by atoms with van der Waals surface area (Å²) in [7, 11) is 0. The minimum atomic E-state index is 0.179. The van der Waals surface area contributed by atoms with Crippen LogP contribution >= 0.6 is 15.9 Å². The van der Waals surface area contributed by atoms with Crippen molar-refractivity contribution in [3.63, 3.8) is 0 Å². The lowest BCUT2D eigenvalue weighted by molar-refractivity contribution is 0.467. The summed E-state index contributed by atoms with van der Waals surface area (Å²) in [6, 6.07) is 12.3. The molecule has 1 unspecified atom stereocenters. The number of rotatable bonds is 3. The Morgan fingerprint density at radius 3 is 2.58 bits per heavy atom. The summed E-state index contributed by atoms with van der Waals surface area (Å²) in [6.07, 6.45) is 0. The predicted octanol–water partition coefficient (Wildman–Crippen LogP) is 4.94. The van der Waals surface area contributed by atoms with E-state index in [-0.39, 0.29) is 6.04 Å². The van der Waals surface area contributed by atoms with Gasteiger partial charge in [0.25, 0.3) is 0 Å². The van der Waals surface area contributed by atoms with E-state index in [4.69, 9.17) is 0 Å². The third kappa shape index (κ3) is 3.10. The molecular weight excluding hydrogens is 302 g/mol. The second kappa shape index (κ2) is 5.66. The molecule has 1 atom stereocenters. The van der Waals surface area contributed by atoms with Gasteiger partial charge in [0.05, 0.1) is 0 Å². The zero-order chi connectivity index (χ0) is 14.0. The summed E-state index contributed by atoms with van der Waals surface area (Å²) in [6.45, 7) is 5.94. The van der Waals surface area contributed by atoms with Crippen LogP contribution in [0, 0.1) is 13.8 Å². The number of halogens is 1. The number of hydrogen-bond donors (Lipinski definition) is 2. The standard InChI is InChI=1S/C16H18BrNO/c1-10-7-8-15(11(2)16(10)19)18-12(3)13-5-4-6-14(17)9-13/h4-9,12,18-19H,1-3H3. The van der Waals surface area contributed by atoms with E-state index < -0.39 is 0 Å². The Bertz CT molecular complexity index is 595. The monoisotopic (exact) mass is 319 g/mol. The summed E-state index contributed by atoms with van der Waals surface area (Å²) in [4.78, 5) is 0. The molecule has 0 fully saturated rings. The maximum atomic E-state index is 9.97. The zero-order valence-corrected chi connectivity index (χ0v) is 13.0. The molecule has 100 valence electrons. The number of anilines is 1. The first-order valence-electron chi connectivity index (χ1n) is 6.30. The summed E-state index contributed by atoms with van der Waals surface area (Å²) in [5.74, 6) is 0.367. The molecule has 0 aromatic heterocycles. The van der Waals surface area contributed by atoms with E-state index in [0.717, 1.165) is 21.3 Å². The first-order chi connectivity index (χ1) is 8.99. The fourth-order valence-corrected chi connectivity index (χ4v) is 2.50. The summed E-state index contributed by atoms with van der Waals surface area (Å²) >= 11 is 3.48. The van der Waals surface area contributed by atoms with Crippen LogP contribution in [0.4, 0.5) is 5.69 Å². The van der Waals surface area contributed by atoms with Crippen LogP contribution in [0.1, 0.15) is 29.7 Å². The van der Waals surface area contributed by atoms with Gasteiger partial charge in [-0.2, -0.15) is 0 Å². The Kier molecular flexibility index (Phi) is 4.15. The molecule has 2 aromatic carbocycles. The van der Waals surface area contributed by atoms with E-state index in [9.17, 15) is 5.11 Å². The Balaban J connectivity index is 2.24. The second-order valence-corrected chi connectivity index (χ2v) is 5.74. The van der Waals surface area contributed by atoms with E-state index in [1.807, 2.05) is 38.1 Å². The number of benzene rings is 2. The van der Waals surface area contributed by atoms with Gasteiger partial charge in [-0.3, -0.25) is 0 Å². The second-order valence-electron chi connectivity index (χ2n) is 4.82. The molecule has 0 amide bonds. The van der Waals surface area contributed by atoms with Crippen molar-refractivity contribution in [3.8, 4) is 5.75 Å². The van der Waals surface area contributed by atoms with Gasteiger partial charge in [0, 0.05) is 21.8 Å². The zero-order valence-electron chi connectivity index (χ0n) is 11.4. The molecule has 2 N–H and O–H groups in total. The van der Waals surface area contributed by atoms with Crippen molar-refractivity contribution in [2.45, 2.75) is 26.8 Å². The summed E-state index contributed by atoms with van der Waals surface area (Å²) in [5, 5.41) is 13.4. The van der Waals surface area contributed by atoms with Gasteiger partial charge in [0.2, 0.25) is 0 Å². The number of nitrogens with one attached hydrogen (secondary N) is 1. The molecule has 0 aliphatic carbocycles. The van der Waals surface area contributed by atoms with Crippen LogP contribution in [0.3, 0.4) is 0 Å². The Hall–Kier alpha value is -1.48. The molecule has 2 nitrogen and oxygen atoms in total. The van der Waals surface area contributed by atoms with Crippen molar-refractivity contribution in [3.05, 3.63) is 57.6 Å². The highest BCUT2D eigenvalue weighted by Gasteiger charge is 2.10. The third-order valence-electron chi connectivity index (χ3n) is 3.35. The van der Waals surface area contributed by atoms with Crippen molar-refractivity contribution >= 4 is 21.6 Å². The minimum absolute atomic E-state index is 0.179. The molecule has 19 heavy (non-hydrogen) atoms. The van der Waals surface area contributed by atoms with Gasteiger partial charge in [-0.15, -0.1) is 0 Å². The molecule has 0 aliphatic heterocycles. The average Bonchev–Trinajstić information content (AvgIpc) is 2.39. The quantitative estimate of drug-likeness (QED) is 0.839. The molecule has 0 spiro atoms. The van der Waals surface area contributed by atoms with Crippen LogP contribution in [0.25, 0.3) is 0 Å². The number of hydrogen-bond acceptors (Lipinski definition) is 2. The molecular formula is C16H18BrNO. The van der Waals surface area contributed by atoms with Crippen LogP contribution in [0.2, 0.25) is 0 Å². The van der Waals surface area contributed by atoms with Crippen LogP contribution in [-0.4, -0.2) is 5.11 Å². The van der Waals surface area contributed by atoms with E-state index in [1.54, 1.807) is 0 Å². The molecule has 2 rings (SSSR count). The van der Waals surface area contributed by atoms with Crippen molar-refractivity contribution in [1.82, 2.24) is 0 Å². The Morgan fingerprint density at radius 1 is 1.16 bits per heavy atom. The van der Waals surface area contributed by atoms with Crippen LogP contribution in [0.15, 0.2) is 40.9 Å². The number of phenolic OH excluding ortho intramolecular Hbond substituents is 1. The first kappa shape index (κ1) is 13.9. The van der Waals surface area contributed by atoms with Crippen molar-refractivity contribution in [2.24, 2.45) is 0 Å². The van der Waals surface area contributed by atoms with Gasteiger partial charge in [0.1, 0.15) is 5.75 Å². The Labute approximate surface area is 122 Å². The third-order valence-corrected chi connectivity index (χ3v) is 3.85. The number of aromatic hydroxyl groups is 1. The van der Waals surface area contributed by atoms with Crippen molar-refractivity contribution in [2.75, 3.05) is 5.32 Å². The lowest BCUT2D eigenvalue weighted by Gasteiger charge is -2.19. The molecule has 0 heterocycles. The van der Waals surface area contributed by atoms with Crippen molar-refractivity contribution < 1.29 is 5.11 Å². The van der Waals surface area contributed by atoms with E-state index >= 15 is 0 Å². The molecule has 0 radical (unpaired) electrons. The van der Waals surface area contributed by atoms with Gasteiger partial charge >= 0.3 is 0 Å². The van der Waals surface area contributed by atoms with Gasteiger partial charge in [0.15, 0.2) is 0 Å². The SMILES string of the molecule is Cc1ccc(NC(C)c2cccc(Br)c2)c(C)c1O. The summed E-state index contributed by atoms with van der Waals surface area (Å²) in [5.41, 5.74) is 3.96. The average molecular weight is 320 g/mol. The fraction of sp³-hybridized carbons (Fsp3) is 0.250. The van der Waals surface area contributed by atoms with Gasteiger partial charge in [-0.25, -0.2) is 0 Å². The van der Waals surface area contributed by atoms with Crippen LogP contribution in [-0.2, 0) is 0 Å². The molecule has 0 aliphatic rings. The highest BCUT2D eigenvalue weighted by molar-refractivity contribution is 9.10. The highest BCUT2D eigenvalue weighted by atomic mass is 79.9. The van der Waals surface area contributed by atoms with E-state index in [2.05, 4.69) is 40.3 Å². The molecule has 3 heteroatoms. The number of aryl methyl sites for hydroxylation is 1.